The molecule has 2 aromatic rings. The molecule has 31 heavy (non-hydrogen) atoms. The van der Waals surface area contributed by atoms with E-state index in [0.717, 1.165) is 48.3 Å². The molecule has 0 aromatic heterocycles. The first-order valence-electron chi connectivity index (χ1n) is 10.8. The Hall–Kier alpha value is -2.79. The lowest BCUT2D eigenvalue weighted by molar-refractivity contribution is -0.174. The van der Waals surface area contributed by atoms with Crippen molar-refractivity contribution < 1.29 is 19.1 Å². The molecule has 0 saturated carbocycles. The molecule has 1 aliphatic rings. The van der Waals surface area contributed by atoms with Crippen LogP contribution in [0.25, 0.3) is 0 Å². The largest absolute Gasteiger partial charge is 0.496 e. The minimum absolute atomic E-state index is 0.0338. The minimum Gasteiger partial charge on any atom is -0.496 e. The smallest absolute Gasteiger partial charge is 0.249 e. The van der Waals surface area contributed by atoms with Crippen LogP contribution in [0.5, 0.6) is 11.5 Å². The molecule has 5 nitrogen and oxygen atoms in total. The zero-order valence-electron chi connectivity index (χ0n) is 19.2. The van der Waals surface area contributed by atoms with E-state index < -0.39 is 0 Å². The summed E-state index contributed by atoms with van der Waals surface area (Å²) < 4.78 is 11.6. The molecule has 0 heterocycles. The third-order valence-electron chi connectivity index (χ3n) is 6.13. The van der Waals surface area contributed by atoms with E-state index in [9.17, 15) is 4.79 Å². The highest BCUT2D eigenvalue weighted by atomic mass is 16.7. The number of carbonyl (C=O) groups excluding carboxylic acids is 1. The van der Waals surface area contributed by atoms with Gasteiger partial charge in [0.25, 0.3) is 0 Å². The summed E-state index contributed by atoms with van der Waals surface area (Å²) in [6.07, 6.45) is 5.66. The minimum atomic E-state index is -0.230. The van der Waals surface area contributed by atoms with Gasteiger partial charge < -0.3 is 9.47 Å². The summed E-state index contributed by atoms with van der Waals surface area (Å²) in [6.45, 7) is 2.11. The van der Waals surface area contributed by atoms with Crippen molar-refractivity contribution in [2.75, 3.05) is 28.4 Å². The van der Waals surface area contributed by atoms with Crippen molar-refractivity contribution in [3.05, 3.63) is 70.8 Å². The van der Waals surface area contributed by atoms with E-state index in [4.69, 9.17) is 14.3 Å². The van der Waals surface area contributed by atoms with Crippen LogP contribution >= 0.6 is 0 Å². The van der Waals surface area contributed by atoms with Crippen molar-refractivity contribution in [2.45, 2.75) is 38.5 Å². The van der Waals surface area contributed by atoms with Gasteiger partial charge >= 0.3 is 0 Å². The Labute approximate surface area is 185 Å². The molecular formula is C26H33NO4. The van der Waals surface area contributed by atoms with Gasteiger partial charge in [0.1, 0.15) is 11.5 Å². The van der Waals surface area contributed by atoms with Gasteiger partial charge in [0.05, 0.1) is 27.2 Å². The van der Waals surface area contributed by atoms with Crippen molar-refractivity contribution in [2.24, 2.45) is 5.92 Å². The first kappa shape index (κ1) is 22.9. The maximum absolute atomic E-state index is 13.0. The summed E-state index contributed by atoms with van der Waals surface area (Å²) in [5.41, 5.74) is 4.64. The second-order valence-corrected chi connectivity index (χ2v) is 8.10. The molecule has 0 spiro atoms. The molecule has 0 radical (unpaired) electrons. The Morgan fingerprint density at radius 2 is 1.61 bits per heavy atom. The maximum atomic E-state index is 13.0. The number of allylic oxidation sites excluding steroid dienone is 2. The third kappa shape index (κ3) is 5.28. The summed E-state index contributed by atoms with van der Waals surface area (Å²) in [7, 11) is 6.53. The maximum Gasteiger partial charge on any atom is 0.249 e. The summed E-state index contributed by atoms with van der Waals surface area (Å²) in [4.78, 5) is 18.2. The molecule has 0 aliphatic heterocycles. The van der Waals surface area contributed by atoms with E-state index in [-0.39, 0.29) is 17.7 Å². The Kier molecular flexibility index (Phi) is 7.75. The van der Waals surface area contributed by atoms with Crippen LogP contribution in [-0.2, 0) is 22.5 Å². The third-order valence-corrected chi connectivity index (χ3v) is 6.13. The van der Waals surface area contributed by atoms with E-state index in [2.05, 4.69) is 49.4 Å². The average molecular weight is 424 g/mol. The van der Waals surface area contributed by atoms with E-state index >= 15 is 0 Å². The first-order chi connectivity index (χ1) is 15.0. The van der Waals surface area contributed by atoms with Crippen LogP contribution in [0.4, 0.5) is 0 Å². The number of rotatable bonds is 8. The predicted molar refractivity (Wildman–Crippen MR) is 122 cm³/mol. The molecule has 0 saturated heterocycles. The predicted octanol–water partition coefficient (Wildman–Crippen LogP) is 4.95. The molecule has 1 amide bonds. The molecule has 0 fully saturated rings. The summed E-state index contributed by atoms with van der Waals surface area (Å²) in [5, 5.41) is 1.32. The number of hydrogen-bond donors (Lipinski definition) is 0. The normalized spacial score (nSPS) is 18.3. The van der Waals surface area contributed by atoms with Crippen molar-refractivity contribution in [1.82, 2.24) is 5.06 Å². The number of hydrogen-bond acceptors (Lipinski definition) is 4. The van der Waals surface area contributed by atoms with Crippen LogP contribution < -0.4 is 9.47 Å². The second kappa shape index (κ2) is 10.5. The number of carbonyl (C=O) groups is 1. The second-order valence-electron chi connectivity index (χ2n) is 8.10. The molecular weight excluding hydrogens is 390 g/mol. The van der Waals surface area contributed by atoms with Gasteiger partial charge in [-0.05, 0) is 55.9 Å². The van der Waals surface area contributed by atoms with Crippen molar-refractivity contribution in [3.63, 3.8) is 0 Å². The molecule has 2 aromatic carbocycles. The van der Waals surface area contributed by atoms with Gasteiger partial charge in [-0.3, -0.25) is 9.63 Å². The highest BCUT2D eigenvalue weighted by molar-refractivity contribution is 5.80. The highest BCUT2D eigenvalue weighted by Gasteiger charge is 2.36. The topological polar surface area (TPSA) is 48.0 Å². The number of hydroxylamine groups is 2. The standard InChI is InChI=1S/C26H33NO4/c1-18-11-14-21(26(28)27(2)31-5)22(15-18)25-23(29-3)16-20(17-24(25)30-4)13-12-19-9-7-6-8-10-19/h6-10,15-17,21-22H,11-14H2,1-5H3/t21-,22-/m1/s1. The van der Waals surface area contributed by atoms with Gasteiger partial charge in [-0.15, -0.1) is 0 Å². The van der Waals surface area contributed by atoms with E-state index in [0.29, 0.717) is 0 Å². The fourth-order valence-electron chi connectivity index (χ4n) is 4.35. The van der Waals surface area contributed by atoms with Crippen LogP contribution in [-0.4, -0.2) is 39.3 Å². The van der Waals surface area contributed by atoms with E-state index in [1.807, 2.05) is 6.07 Å². The van der Waals surface area contributed by atoms with Crippen LogP contribution in [0, 0.1) is 5.92 Å². The van der Waals surface area contributed by atoms with Gasteiger partial charge in [-0.1, -0.05) is 42.0 Å². The Balaban J connectivity index is 1.97. The van der Waals surface area contributed by atoms with E-state index in [1.165, 1.54) is 23.3 Å². The molecule has 166 valence electrons. The molecule has 0 bridgehead atoms. The number of nitrogens with zero attached hydrogens (tertiary/aromatic N) is 1. The Morgan fingerprint density at radius 3 is 2.19 bits per heavy atom. The SMILES string of the molecule is COc1cc(CCc2ccccc2)cc(OC)c1[C@@H]1C=C(C)CC[C@H]1C(=O)N(C)OC. The van der Waals surface area contributed by atoms with Crippen LogP contribution in [0.2, 0.25) is 0 Å². The lowest BCUT2D eigenvalue weighted by atomic mass is 9.75. The molecule has 0 N–H and O–H groups in total. The molecule has 0 unspecified atom stereocenters. The zero-order chi connectivity index (χ0) is 22.4. The number of amides is 1. The van der Waals surface area contributed by atoms with Crippen LogP contribution in [0.1, 0.15) is 42.4 Å². The first-order valence-corrected chi connectivity index (χ1v) is 10.8. The fourth-order valence-corrected chi connectivity index (χ4v) is 4.35. The number of aryl methyl sites for hydroxylation is 2. The molecule has 5 heteroatoms. The Bertz CT molecular complexity index is 897. The van der Waals surface area contributed by atoms with Crippen LogP contribution in [0.15, 0.2) is 54.1 Å². The van der Waals surface area contributed by atoms with E-state index in [1.54, 1.807) is 21.3 Å². The number of ether oxygens (including phenoxy) is 2. The lowest BCUT2D eigenvalue weighted by Crippen LogP contribution is -2.36. The van der Waals surface area contributed by atoms with Gasteiger partial charge in [0, 0.05) is 18.5 Å². The van der Waals surface area contributed by atoms with Crippen molar-refractivity contribution in [1.29, 1.82) is 0 Å². The zero-order valence-corrected chi connectivity index (χ0v) is 19.2. The van der Waals surface area contributed by atoms with Gasteiger partial charge in [-0.2, -0.15) is 0 Å². The van der Waals surface area contributed by atoms with Gasteiger partial charge in [-0.25, -0.2) is 5.06 Å². The molecule has 2 atom stereocenters. The Morgan fingerprint density at radius 1 is 1.00 bits per heavy atom. The van der Waals surface area contributed by atoms with Crippen molar-refractivity contribution in [3.8, 4) is 11.5 Å². The van der Waals surface area contributed by atoms with Crippen LogP contribution in [0.3, 0.4) is 0 Å². The van der Waals surface area contributed by atoms with Crippen molar-refractivity contribution >= 4 is 5.91 Å². The molecule has 3 rings (SSSR count). The summed E-state index contributed by atoms with van der Waals surface area (Å²) >= 11 is 0. The monoisotopic (exact) mass is 423 g/mol. The van der Waals surface area contributed by atoms with Gasteiger partial charge in [0.15, 0.2) is 0 Å². The van der Waals surface area contributed by atoms with Gasteiger partial charge in [0.2, 0.25) is 5.91 Å². The summed E-state index contributed by atoms with van der Waals surface area (Å²) in [5.74, 6) is 1.12. The lowest BCUT2D eigenvalue weighted by Gasteiger charge is -2.33. The summed E-state index contributed by atoms with van der Waals surface area (Å²) in [6, 6.07) is 14.6. The highest BCUT2D eigenvalue weighted by Crippen LogP contribution is 2.45. The average Bonchev–Trinajstić information content (AvgIpc) is 2.81. The quantitative estimate of drug-likeness (QED) is 0.445. The fraction of sp³-hybridized carbons (Fsp3) is 0.423. The number of benzene rings is 2. The molecule has 1 aliphatic carbocycles. The number of methoxy groups -OCH3 is 2.